The van der Waals surface area contributed by atoms with Crippen LogP contribution in [0.25, 0.3) is 6.08 Å². The van der Waals surface area contributed by atoms with Crippen molar-refractivity contribution < 1.29 is 19.1 Å². The summed E-state index contributed by atoms with van der Waals surface area (Å²) in [6, 6.07) is 10.1. The Morgan fingerprint density at radius 1 is 1.29 bits per heavy atom. The van der Waals surface area contributed by atoms with Gasteiger partial charge < -0.3 is 24.1 Å². The number of methoxy groups -OCH3 is 1. The standard InChI is InChI=1S/C28H36N2O4/c1-29(26(31)9-8-22-11-15-34-19-22)24-10-12-28(32)20-30(18-21-6-7-21)14-13-27(28,17-24)23-4-3-5-25(16-23)33-2/h3-5,8-9,11,15-16,19,21,24,32H,6-7,10,12-14,17-18,20H2,1-2H3/b9-8+/t24-,27-,28-/m0/s1. The summed E-state index contributed by atoms with van der Waals surface area (Å²) in [6.07, 6.45) is 12.4. The first-order chi connectivity index (χ1) is 16.4. The van der Waals surface area contributed by atoms with Gasteiger partial charge in [0.2, 0.25) is 5.91 Å². The Hall–Kier alpha value is -2.57. The van der Waals surface area contributed by atoms with Crippen molar-refractivity contribution in [1.29, 1.82) is 0 Å². The van der Waals surface area contributed by atoms with E-state index in [0.717, 1.165) is 55.1 Å². The molecular formula is C28H36N2O4. The van der Waals surface area contributed by atoms with Crippen LogP contribution in [0.4, 0.5) is 0 Å². The van der Waals surface area contributed by atoms with E-state index in [-0.39, 0.29) is 11.9 Å². The van der Waals surface area contributed by atoms with Crippen LogP contribution in [0, 0.1) is 5.92 Å². The molecule has 1 aromatic heterocycles. The fourth-order valence-electron chi connectivity index (χ4n) is 6.14. The minimum Gasteiger partial charge on any atom is -0.497 e. The van der Waals surface area contributed by atoms with Crippen molar-refractivity contribution in [1.82, 2.24) is 9.80 Å². The quantitative estimate of drug-likeness (QED) is 0.625. The number of amides is 1. The molecule has 3 atom stereocenters. The van der Waals surface area contributed by atoms with Crippen LogP contribution >= 0.6 is 0 Å². The van der Waals surface area contributed by atoms with Crippen LogP contribution < -0.4 is 4.74 Å². The van der Waals surface area contributed by atoms with Gasteiger partial charge in [-0.15, -0.1) is 0 Å². The van der Waals surface area contributed by atoms with E-state index in [4.69, 9.17) is 9.15 Å². The summed E-state index contributed by atoms with van der Waals surface area (Å²) < 4.78 is 10.6. The zero-order chi connectivity index (χ0) is 23.8. The third-order valence-corrected chi connectivity index (χ3v) is 8.40. The number of hydrogen-bond donors (Lipinski definition) is 1. The SMILES string of the molecule is COc1cccc([C@@]23CCN(CC4CC4)C[C@@]2(O)CC[C@H](N(C)C(=O)/C=C/c2ccoc2)C3)c1. The van der Waals surface area contributed by atoms with Crippen LogP contribution in [-0.4, -0.2) is 66.2 Å². The lowest BCUT2D eigenvalue weighted by Gasteiger charge is -2.59. The van der Waals surface area contributed by atoms with Crippen LogP contribution in [0.3, 0.4) is 0 Å². The van der Waals surface area contributed by atoms with Gasteiger partial charge in [-0.25, -0.2) is 0 Å². The number of ether oxygens (including phenoxy) is 1. The van der Waals surface area contributed by atoms with Crippen LogP contribution in [-0.2, 0) is 10.2 Å². The molecule has 6 nitrogen and oxygen atoms in total. The zero-order valence-electron chi connectivity index (χ0n) is 20.3. The summed E-state index contributed by atoms with van der Waals surface area (Å²) in [5.74, 6) is 1.59. The number of aliphatic hydroxyl groups is 1. The van der Waals surface area contributed by atoms with Crippen molar-refractivity contribution in [3.63, 3.8) is 0 Å². The van der Waals surface area contributed by atoms with Crippen molar-refractivity contribution in [3.8, 4) is 5.75 Å². The van der Waals surface area contributed by atoms with Gasteiger partial charge in [-0.1, -0.05) is 12.1 Å². The molecule has 1 N–H and O–H groups in total. The van der Waals surface area contributed by atoms with E-state index in [1.165, 1.54) is 12.8 Å². The summed E-state index contributed by atoms with van der Waals surface area (Å²) in [4.78, 5) is 17.3. The molecule has 0 radical (unpaired) electrons. The number of piperidine rings is 1. The van der Waals surface area contributed by atoms with E-state index in [1.54, 1.807) is 31.8 Å². The van der Waals surface area contributed by atoms with Crippen molar-refractivity contribution in [2.75, 3.05) is 33.8 Å². The van der Waals surface area contributed by atoms with Gasteiger partial charge in [-0.05, 0) is 80.8 Å². The van der Waals surface area contributed by atoms with Crippen molar-refractivity contribution in [2.24, 2.45) is 5.92 Å². The number of furan rings is 1. The average Bonchev–Trinajstić information content (AvgIpc) is 3.51. The number of fused-ring (bicyclic) bond motifs is 1. The van der Waals surface area contributed by atoms with Gasteiger partial charge >= 0.3 is 0 Å². The smallest absolute Gasteiger partial charge is 0.246 e. The first-order valence-corrected chi connectivity index (χ1v) is 12.5. The molecule has 1 saturated heterocycles. The predicted octanol–water partition coefficient (Wildman–Crippen LogP) is 4.10. The molecule has 0 spiro atoms. The third-order valence-electron chi connectivity index (χ3n) is 8.40. The first-order valence-electron chi connectivity index (χ1n) is 12.5. The van der Waals surface area contributed by atoms with E-state index < -0.39 is 11.0 Å². The molecule has 2 aliphatic carbocycles. The van der Waals surface area contributed by atoms with Gasteiger partial charge in [0.25, 0.3) is 0 Å². The van der Waals surface area contributed by atoms with Crippen LogP contribution in [0.2, 0.25) is 0 Å². The van der Waals surface area contributed by atoms with Crippen molar-refractivity contribution in [3.05, 3.63) is 60.1 Å². The van der Waals surface area contributed by atoms with Crippen LogP contribution in [0.1, 0.15) is 49.7 Å². The molecule has 1 aliphatic heterocycles. The Morgan fingerprint density at radius 3 is 2.88 bits per heavy atom. The molecule has 5 rings (SSSR count). The number of β-amino-alcohol motifs (C(OH)–C–C–N with tert-alkyl or cyclic N) is 1. The monoisotopic (exact) mass is 464 g/mol. The van der Waals surface area contributed by atoms with Gasteiger partial charge in [0.05, 0.1) is 25.2 Å². The lowest BCUT2D eigenvalue weighted by molar-refractivity contribution is -0.144. The van der Waals surface area contributed by atoms with Gasteiger partial charge in [0, 0.05) is 43.2 Å². The Morgan fingerprint density at radius 2 is 2.15 bits per heavy atom. The molecule has 2 heterocycles. The highest BCUT2D eigenvalue weighted by Gasteiger charge is 2.58. The highest BCUT2D eigenvalue weighted by molar-refractivity contribution is 5.91. The number of carbonyl (C=O) groups is 1. The number of likely N-dealkylation sites (N-methyl/N-ethyl adjacent to an activating group) is 1. The van der Waals surface area contributed by atoms with E-state index in [0.29, 0.717) is 13.0 Å². The van der Waals surface area contributed by atoms with Crippen LogP contribution in [0.15, 0.2) is 53.4 Å². The molecule has 3 aliphatic rings. The second-order valence-electron chi connectivity index (χ2n) is 10.5. The molecule has 2 aromatic rings. The Balaban J connectivity index is 1.41. The summed E-state index contributed by atoms with van der Waals surface area (Å²) in [7, 11) is 3.57. The molecule has 3 fully saturated rings. The fourth-order valence-corrected chi connectivity index (χ4v) is 6.14. The summed E-state index contributed by atoms with van der Waals surface area (Å²) in [6.45, 7) is 2.77. The summed E-state index contributed by atoms with van der Waals surface area (Å²) in [5.41, 5.74) is 0.767. The Labute approximate surface area is 202 Å². The molecule has 2 saturated carbocycles. The average molecular weight is 465 g/mol. The van der Waals surface area contributed by atoms with Gasteiger partial charge in [-0.3, -0.25) is 4.79 Å². The van der Waals surface area contributed by atoms with E-state index >= 15 is 0 Å². The topological polar surface area (TPSA) is 66.2 Å². The normalized spacial score (nSPS) is 29.7. The second kappa shape index (κ2) is 9.23. The zero-order valence-corrected chi connectivity index (χ0v) is 20.3. The number of rotatable bonds is 7. The number of nitrogens with zero attached hydrogens (tertiary/aromatic N) is 2. The third kappa shape index (κ3) is 4.41. The lowest BCUT2D eigenvalue weighted by atomic mass is 9.55. The number of likely N-dealkylation sites (tertiary alicyclic amines) is 1. The second-order valence-corrected chi connectivity index (χ2v) is 10.5. The van der Waals surface area contributed by atoms with Crippen molar-refractivity contribution in [2.45, 2.75) is 55.6 Å². The molecular weight excluding hydrogens is 428 g/mol. The van der Waals surface area contributed by atoms with E-state index in [9.17, 15) is 9.90 Å². The minimum absolute atomic E-state index is 0.0244. The molecule has 1 aromatic carbocycles. The highest BCUT2D eigenvalue weighted by atomic mass is 16.5. The molecule has 34 heavy (non-hydrogen) atoms. The largest absolute Gasteiger partial charge is 0.497 e. The molecule has 0 bridgehead atoms. The summed E-state index contributed by atoms with van der Waals surface area (Å²) in [5, 5.41) is 12.2. The number of benzene rings is 1. The molecule has 0 unspecified atom stereocenters. The van der Waals surface area contributed by atoms with Gasteiger partial charge in [0.1, 0.15) is 5.75 Å². The van der Waals surface area contributed by atoms with E-state index in [2.05, 4.69) is 17.0 Å². The van der Waals surface area contributed by atoms with Gasteiger partial charge in [0.15, 0.2) is 0 Å². The Kier molecular flexibility index (Phi) is 6.30. The number of hydrogen-bond acceptors (Lipinski definition) is 5. The predicted molar refractivity (Wildman–Crippen MR) is 132 cm³/mol. The molecule has 182 valence electrons. The number of carbonyl (C=O) groups excluding carboxylic acids is 1. The maximum Gasteiger partial charge on any atom is 0.246 e. The maximum atomic E-state index is 13.0. The molecule has 6 heteroatoms. The van der Waals surface area contributed by atoms with Crippen molar-refractivity contribution >= 4 is 12.0 Å². The van der Waals surface area contributed by atoms with Gasteiger partial charge in [-0.2, -0.15) is 0 Å². The minimum atomic E-state index is -0.820. The molecule has 1 amide bonds. The maximum absolute atomic E-state index is 13.0. The summed E-state index contributed by atoms with van der Waals surface area (Å²) >= 11 is 0. The van der Waals surface area contributed by atoms with E-state index in [1.807, 2.05) is 30.1 Å². The highest BCUT2D eigenvalue weighted by Crippen LogP contribution is 2.53. The van der Waals surface area contributed by atoms with Crippen LogP contribution in [0.5, 0.6) is 5.75 Å². The first kappa shape index (κ1) is 23.2. The fraction of sp³-hybridized carbons (Fsp3) is 0.536. The lowest BCUT2D eigenvalue weighted by Crippen LogP contribution is -2.67. The Bertz CT molecular complexity index is 1030.